The van der Waals surface area contributed by atoms with Crippen molar-refractivity contribution in [3.63, 3.8) is 0 Å². The van der Waals surface area contributed by atoms with Gasteiger partial charge in [0.05, 0.1) is 6.04 Å². The number of para-hydroxylation sites is 1. The summed E-state index contributed by atoms with van der Waals surface area (Å²) in [5, 5.41) is 4.05. The molecule has 1 N–H and O–H groups in total. The van der Waals surface area contributed by atoms with Gasteiger partial charge in [0.25, 0.3) is 0 Å². The van der Waals surface area contributed by atoms with Crippen LogP contribution in [-0.4, -0.2) is 7.05 Å². The first-order chi connectivity index (χ1) is 10.1. The van der Waals surface area contributed by atoms with E-state index < -0.39 is 0 Å². The van der Waals surface area contributed by atoms with Crippen LogP contribution in [0.3, 0.4) is 0 Å². The summed E-state index contributed by atoms with van der Waals surface area (Å²) in [5.74, 6) is 0.402. The molecule has 0 saturated carbocycles. The zero-order valence-corrected chi connectivity index (χ0v) is 12.4. The number of nitrogens with one attached hydrogen (secondary N) is 1. The van der Waals surface area contributed by atoms with Crippen molar-refractivity contribution in [2.75, 3.05) is 7.05 Å². The third-order valence-corrected chi connectivity index (χ3v) is 3.82. The maximum Gasteiger partial charge on any atom is 0.169 e. The summed E-state index contributed by atoms with van der Waals surface area (Å²) < 4.78 is 19.5. The minimum Gasteiger partial charge on any atom is -0.456 e. The van der Waals surface area contributed by atoms with Gasteiger partial charge in [-0.2, -0.15) is 0 Å². The summed E-state index contributed by atoms with van der Waals surface area (Å²) in [5.41, 5.74) is 3.87. The summed E-state index contributed by atoms with van der Waals surface area (Å²) in [6, 6.07) is 13.1. The van der Waals surface area contributed by atoms with E-state index >= 15 is 0 Å². The largest absolute Gasteiger partial charge is 0.456 e. The molecule has 1 heterocycles. The molecule has 21 heavy (non-hydrogen) atoms. The fraction of sp³-hybridized carbons (Fsp3) is 0.222. The molecule has 0 amide bonds. The van der Waals surface area contributed by atoms with Crippen LogP contribution in [0.15, 0.2) is 46.9 Å². The highest BCUT2D eigenvalue weighted by Crippen LogP contribution is 2.31. The molecule has 1 atom stereocenters. The van der Waals surface area contributed by atoms with Crippen LogP contribution < -0.4 is 5.32 Å². The third-order valence-electron chi connectivity index (χ3n) is 3.82. The maximum atomic E-state index is 13.8. The number of rotatable bonds is 3. The van der Waals surface area contributed by atoms with Gasteiger partial charge in [0.15, 0.2) is 11.4 Å². The van der Waals surface area contributed by atoms with Crippen molar-refractivity contribution in [3.8, 4) is 0 Å². The van der Waals surface area contributed by atoms with Crippen LogP contribution in [0, 0.1) is 19.7 Å². The van der Waals surface area contributed by atoms with E-state index in [0.717, 1.165) is 16.7 Å². The van der Waals surface area contributed by atoms with Crippen molar-refractivity contribution in [2.45, 2.75) is 19.9 Å². The number of hydrogen-bond acceptors (Lipinski definition) is 2. The predicted molar refractivity (Wildman–Crippen MR) is 83.0 cm³/mol. The Balaban J connectivity index is 2.11. The maximum absolute atomic E-state index is 13.8. The number of aryl methyl sites for hydroxylation is 2. The number of hydrogen-bond donors (Lipinski definition) is 1. The molecule has 0 bridgehead atoms. The highest BCUT2D eigenvalue weighted by Gasteiger charge is 2.19. The zero-order chi connectivity index (χ0) is 15.0. The molecular weight excluding hydrogens is 265 g/mol. The topological polar surface area (TPSA) is 25.2 Å². The van der Waals surface area contributed by atoms with Gasteiger partial charge in [-0.15, -0.1) is 0 Å². The molecule has 0 saturated heterocycles. The van der Waals surface area contributed by atoms with Crippen molar-refractivity contribution in [1.29, 1.82) is 0 Å². The van der Waals surface area contributed by atoms with Gasteiger partial charge in [-0.1, -0.05) is 35.9 Å². The molecule has 0 radical (unpaired) electrons. The number of benzene rings is 2. The highest BCUT2D eigenvalue weighted by atomic mass is 19.1. The molecule has 3 aromatic rings. The number of fused-ring (bicyclic) bond motifs is 1. The fourth-order valence-corrected chi connectivity index (χ4v) is 2.79. The van der Waals surface area contributed by atoms with Gasteiger partial charge >= 0.3 is 0 Å². The average Bonchev–Trinajstić information content (AvgIpc) is 2.87. The molecule has 0 aliphatic rings. The van der Waals surface area contributed by atoms with Crippen LogP contribution >= 0.6 is 0 Å². The molecule has 0 fully saturated rings. The Bertz CT molecular complexity index is 791. The van der Waals surface area contributed by atoms with Gasteiger partial charge in [-0.25, -0.2) is 4.39 Å². The van der Waals surface area contributed by atoms with Gasteiger partial charge in [-0.3, -0.25) is 0 Å². The normalized spacial score (nSPS) is 12.8. The molecule has 0 aliphatic heterocycles. The van der Waals surface area contributed by atoms with Crippen LogP contribution in [0.2, 0.25) is 0 Å². The Morgan fingerprint density at radius 1 is 1.10 bits per heavy atom. The summed E-state index contributed by atoms with van der Waals surface area (Å²) in [6.07, 6.45) is 0. The fourth-order valence-electron chi connectivity index (χ4n) is 2.79. The molecule has 2 nitrogen and oxygen atoms in total. The number of furan rings is 1. The lowest BCUT2D eigenvalue weighted by atomic mass is 9.97. The SMILES string of the molecule is CNC(c1cc2cccc(F)c2o1)c1ccc(C)cc1C. The second-order valence-electron chi connectivity index (χ2n) is 5.39. The van der Waals surface area contributed by atoms with Gasteiger partial charge in [-0.05, 0) is 44.2 Å². The number of halogens is 1. The lowest BCUT2D eigenvalue weighted by Gasteiger charge is -2.17. The minimum absolute atomic E-state index is 0.0857. The molecular formula is C18H18FNO. The van der Waals surface area contributed by atoms with E-state index in [0.29, 0.717) is 5.58 Å². The van der Waals surface area contributed by atoms with E-state index in [1.165, 1.54) is 17.2 Å². The standard InChI is InChI=1S/C18H18FNO/c1-11-7-8-14(12(2)9-11)17(20-3)16-10-13-5-4-6-15(19)18(13)21-16/h4-10,17,20H,1-3H3. The van der Waals surface area contributed by atoms with Gasteiger partial charge < -0.3 is 9.73 Å². The smallest absolute Gasteiger partial charge is 0.169 e. The molecule has 0 spiro atoms. The Kier molecular flexibility index (Phi) is 3.52. The van der Waals surface area contributed by atoms with Crippen LogP contribution in [0.5, 0.6) is 0 Å². The predicted octanol–water partition coefficient (Wildman–Crippen LogP) is 4.50. The molecule has 108 valence electrons. The molecule has 2 aromatic carbocycles. The third kappa shape index (κ3) is 2.45. The molecule has 3 heteroatoms. The zero-order valence-electron chi connectivity index (χ0n) is 12.4. The summed E-state index contributed by atoms with van der Waals surface area (Å²) in [4.78, 5) is 0. The van der Waals surface area contributed by atoms with E-state index in [2.05, 4.69) is 37.4 Å². The van der Waals surface area contributed by atoms with Crippen LogP contribution in [0.25, 0.3) is 11.0 Å². The second-order valence-corrected chi connectivity index (χ2v) is 5.39. The van der Waals surface area contributed by atoms with Crippen molar-refractivity contribution < 1.29 is 8.81 Å². The lowest BCUT2D eigenvalue weighted by molar-refractivity contribution is 0.475. The minimum atomic E-state index is -0.325. The first-order valence-corrected chi connectivity index (χ1v) is 7.02. The van der Waals surface area contributed by atoms with Gasteiger partial charge in [0.2, 0.25) is 0 Å². The average molecular weight is 283 g/mol. The second kappa shape index (κ2) is 5.34. The van der Waals surface area contributed by atoms with E-state index in [-0.39, 0.29) is 11.9 Å². The molecule has 1 aromatic heterocycles. The molecule has 1 unspecified atom stereocenters. The van der Waals surface area contributed by atoms with E-state index in [9.17, 15) is 4.39 Å². The first-order valence-electron chi connectivity index (χ1n) is 7.02. The van der Waals surface area contributed by atoms with E-state index in [4.69, 9.17) is 4.42 Å². The van der Waals surface area contributed by atoms with Crippen molar-refractivity contribution in [3.05, 3.63) is 70.7 Å². The Morgan fingerprint density at radius 3 is 2.57 bits per heavy atom. The highest BCUT2D eigenvalue weighted by molar-refractivity contribution is 5.78. The Labute approximate surface area is 123 Å². The Hall–Kier alpha value is -2.13. The van der Waals surface area contributed by atoms with Gasteiger partial charge in [0.1, 0.15) is 5.76 Å². The van der Waals surface area contributed by atoms with Crippen LogP contribution in [0.4, 0.5) is 4.39 Å². The first kappa shape index (κ1) is 13.8. The van der Waals surface area contributed by atoms with E-state index in [1.807, 2.05) is 19.2 Å². The van der Waals surface area contributed by atoms with Crippen molar-refractivity contribution >= 4 is 11.0 Å². The monoisotopic (exact) mass is 283 g/mol. The summed E-state index contributed by atoms with van der Waals surface area (Å²) >= 11 is 0. The summed E-state index contributed by atoms with van der Waals surface area (Å²) in [6.45, 7) is 4.15. The van der Waals surface area contributed by atoms with Crippen molar-refractivity contribution in [1.82, 2.24) is 5.32 Å². The summed E-state index contributed by atoms with van der Waals surface area (Å²) in [7, 11) is 1.88. The lowest BCUT2D eigenvalue weighted by Crippen LogP contribution is -2.18. The van der Waals surface area contributed by atoms with Crippen LogP contribution in [-0.2, 0) is 0 Å². The van der Waals surface area contributed by atoms with Crippen molar-refractivity contribution in [2.24, 2.45) is 0 Å². The van der Waals surface area contributed by atoms with Crippen LogP contribution in [0.1, 0.15) is 28.5 Å². The Morgan fingerprint density at radius 2 is 1.90 bits per heavy atom. The molecule has 0 aliphatic carbocycles. The van der Waals surface area contributed by atoms with Gasteiger partial charge in [0, 0.05) is 5.39 Å². The van der Waals surface area contributed by atoms with E-state index in [1.54, 1.807) is 6.07 Å². The quantitative estimate of drug-likeness (QED) is 0.765. The molecule has 3 rings (SSSR count).